The molecule has 1 aliphatic rings. The molecule has 1 N–H and O–H groups in total. The molecule has 0 unspecified atom stereocenters. The molecule has 0 aliphatic carbocycles. The van der Waals surface area contributed by atoms with E-state index in [2.05, 4.69) is 5.32 Å². The monoisotopic (exact) mass is 398 g/mol. The van der Waals surface area contributed by atoms with Crippen molar-refractivity contribution in [3.05, 3.63) is 65.5 Å². The Morgan fingerprint density at radius 2 is 1.90 bits per heavy atom. The number of hydrogen-bond acceptors (Lipinski definition) is 3. The fourth-order valence-electron chi connectivity index (χ4n) is 3.45. The van der Waals surface area contributed by atoms with Gasteiger partial charge in [0.2, 0.25) is 0 Å². The molecule has 0 saturated carbocycles. The van der Waals surface area contributed by atoms with Crippen LogP contribution >= 0.6 is 0 Å². The Labute approximate surface area is 170 Å². The molecule has 6 heteroatoms. The summed E-state index contributed by atoms with van der Waals surface area (Å²) >= 11 is 0. The molecule has 3 rings (SSSR count). The van der Waals surface area contributed by atoms with E-state index in [1.807, 2.05) is 13.8 Å². The van der Waals surface area contributed by atoms with Gasteiger partial charge in [0.1, 0.15) is 11.6 Å². The minimum Gasteiger partial charge on any atom is -0.493 e. The van der Waals surface area contributed by atoms with E-state index in [0.29, 0.717) is 31.0 Å². The van der Waals surface area contributed by atoms with Gasteiger partial charge in [0.05, 0.1) is 12.2 Å². The maximum absolute atomic E-state index is 13.9. The highest BCUT2D eigenvalue weighted by molar-refractivity contribution is 5.95. The first-order valence-electron chi connectivity index (χ1n) is 10.0. The second-order valence-corrected chi connectivity index (χ2v) is 7.70. The molecule has 0 radical (unpaired) electrons. The van der Waals surface area contributed by atoms with Gasteiger partial charge in [-0.15, -0.1) is 0 Å². The van der Waals surface area contributed by atoms with Crippen molar-refractivity contribution in [1.29, 1.82) is 0 Å². The fraction of sp³-hybridized carbons (Fsp3) is 0.391. The van der Waals surface area contributed by atoms with Crippen LogP contribution in [0.2, 0.25) is 0 Å². The summed E-state index contributed by atoms with van der Waals surface area (Å²) in [5.74, 6) is -0.000969. The number of carbonyl (C=O) groups is 2. The van der Waals surface area contributed by atoms with Gasteiger partial charge in [0, 0.05) is 30.6 Å². The number of rotatable bonds is 6. The van der Waals surface area contributed by atoms with Crippen LogP contribution in [0.25, 0.3) is 0 Å². The quantitative estimate of drug-likeness (QED) is 0.803. The van der Waals surface area contributed by atoms with Crippen molar-refractivity contribution in [2.45, 2.75) is 32.7 Å². The standard InChI is InChI=1S/C23H27FN2O3/c1-16(2)25-22(27)18-9-11-19(12-10-18)29-15-17-6-5-13-26(14-17)23(28)20-7-3-4-8-21(20)24/h3-4,7-12,16-17H,5-6,13-15H2,1-2H3,(H,25,27)/t17-/m1/s1. The predicted molar refractivity (Wildman–Crippen MR) is 110 cm³/mol. The number of carbonyl (C=O) groups excluding carboxylic acids is 2. The number of hydrogen-bond donors (Lipinski definition) is 1. The Morgan fingerprint density at radius 3 is 2.59 bits per heavy atom. The zero-order valence-corrected chi connectivity index (χ0v) is 16.9. The zero-order chi connectivity index (χ0) is 20.8. The molecule has 0 aromatic heterocycles. The van der Waals surface area contributed by atoms with Crippen molar-refractivity contribution in [3.8, 4) is 5.75 Å². The minimum atomic E-state index is -0.488. The molecule has 0 spiro atoms. The Morgan fingerprint density at radius 1 is 1.17 bits per heavy atom. The smallest absolute Gasteiger partial charge is 0.256 e. The maximum atomic E-state index is 13.9. The summed E-state index contributed by atoms with van der Waals surface area (Å²) in [4.78, 5) is 26.3. The first-order valence-corrected chi connectivity index (χ1v) is 10.0. The third kappa shape index (κ3) is 5.56. The summed E-state index contributed by atoms with van der Waals surface area (Å²) in [7, 11) is 0. The van der Waals surface area contributed by atoms with Gasteiger partial charge in [-0.2, -0.15) is 0 Å². The summed E-state index contributed by atoms with van der Waals surface area (Å²) < 4.78 is 19.8. The van der Waals surface area contributed by atoms with Crippen LogP contribution in [0.4, 0.5) is 4.39 Å². The van der Waals surface area contributed by atoms with Gasteiger partial charge in [0.15, 0.2) is 0 Å². The second-order valence-electron chi connectivity index (χ2n) is 7.70. The molecule has 2 aromatic carbocycles. The van der Waals surface area contributed by atoms with E-state index in [1.54, 1.807) is 41.3 Å². The van der Waals surface area contributed by atoms with Crippen LogP contribution < -0.4 is 10.1 Å². The van der Waals surface area contributed by atoms with E-state index in [-0.39, 0.29) is 29.3 Å². The lowest BCUT2D eigenvalue weighted by atomic mass is 9.98. The number of piperidine rings is 1. The summed E-state index contributed by atoms with van der Waals surface area (Å²) in [5.41, 5.74) is 0.703. The van der Waals surface area contributed by atoms with E-state index in [9.17, 15) is 14.0 Å². The highest BCUT2D eigenvalue weighted by Crippen LogP contribution is 2.21. The lowest BCUT2D eigenvalue weighted by molar-refractivity contribution is 0.0628. The lowest BCUT2D eigenvalue weighted by Gasteiger charge is -2.32. The van der Waals surface area contributed by atoms with Crippen LogP contribution in [-0.4, -0.2) is 42.5 Å². The van der Waals surface area contributed by atoms with Crippen molar-refractivity contribution in [3.63, 3.8) is 0 Å². The number of amides is 2. The molecule has 29 heavy (non-hydrogen) atoms. The highest BCUT2D eigenvalue weighted by Gasteiger charge is 2.26. The van der Waals surface area contributed by atoms with E-state index >= 15 is 0 Å². The molecular formula is C23H27FN2O3. The largest absolute Gasteiger partial charge is 0.493 e. The van der Waals surface area contributed by atoms with E-state index in [0.717, 1.165) is 12.8 Å². The maximum Gasteiger partial charge on any atom is 0.256 e. The van der Waals surface area contributed by atoms with Gasteiger partial charge in [-0.3, -0.25) is 9.59 Å². The molecule has 2 amide bonds. The molecule has 5 nitrogen and oxygen atoms in total. The van der Waals surface area contributed by atoms with Gasteiger partial charge in [0.25, 0.3) is 11.8 Å². The number of nitrogens with one attached hydrogen (secondary N) is 1. The molecule has 1 heterocycles. The molecular weight excluding hydrogens is 371 g/mol. The van der Waals surface area contributed by atoms with E-state index in [4.69, 9.17) is 4.74 Å². The summed E-state index contributed by atoms with van der Waals surface area (Å²) in [6, 6.07) is 13.2. The molecule has 154 valence electrons. The molecule has 1 fully saturated rings. The van der Waals surface area contributed by atoms with Crippen molar-refractivity contribution in [2.75, 3.05) is 19.7 Å². The summed E-state index contributed by atoms with van der Waals surface area (Å²) in [6.07, 6.45) is 1.82. The molecule has 1 atom stereocenters. The SMILES string of the molecule is CC(C)NC(=O)c1ccc(OC[C@@H]2CCCN(C(=O)c3ccccc3F)C2)cc1. The Hall–Kier alpha value is -2.89. The Kier molecular flexibility index (Phi) is 6.86. The number of ether oxygens (including phenoxy) is 1. The molecule has 2 aromatic rings. The van der Waals surface area contributed by atoms with Gasteiger partial charge >= 0.3 is 0 Å². The minimum absolute atomic E-state index is 0.0831. The van der Waals surface area contributed by atoms with Crippen LogP contribution in [-0.2, 0) is 0 Å². The molecule has 0 bridgehead atoms. The third-order valence-electron chi connectivity index (χ3n) is 4.93. The topological polar surface area (TPSA) is 58.6 Å². The van der Waals surface area contributed by atoms with Crippen molar-refractivity contribution < 1.29 is 18.7 Å². The normalized spacial score (nSPS) is 16.6. The fourth-order valence-corrected chi connectivity index (χ4v) is 3.45. The lowest BCUT2D eigenvalue weighted by Crippen LogP contribution is -2.41. The first-order chi connectivity index (χ1) is 13.9. The number of likely N-dealkylation sites (tertiary alicyclic amines) is 1. The summed E-state index contributed by atoms with van der Waals surface area (Å²) in [5, 5.41) is 2.85. The number of nitrogens with zero attached hydrogens (tertiary/aromatic N) is 1. The van der Waals surface area contributed by atoms with Crippen LogP contribution in [0.3, 0.4) is 0 Å². The Bertz CT molecular complexity index is 851. The highest BCUT2D eigenvalue weighted by atomic mass is 19.1. The first kappa shape index (κ1) is 20.8. The van der Waals surface area contributed by atoms with Crippen molar-refractivity contribution in [1.82, 2.24) is 10.2 Å². The van der Waals surface area contributed by atoms with Crippen molar-refractivity contribution in [2.24, 2.45) is 5.92 Å². The zero-order valence-electron chi connectivity index (χ0n) is 16.9. The Balaban J connectivity index is 1.54. The number of benzene rings is 2. The third-order valence-corrected chi connectivity index (χ3v) is 4.93. The molecule has 1 aliphatic heterocycles. The number of halogens is 1. The predicted octanol–water partition coefficient (Wildman–Crippen LogP) is 3.90. The average molecular weight is 398 g/mol. The van der Waals surface area contributed by atoms with Gasteiger partial charge < -0.3 is 15.0 Å². The van der Waals surface area contributed by atoms with Crippen LogP contribution in [0.5, 0.6) is 5.75 Å². The average Bonchev–Trinajstić information content (AvgIpc) is 2.72. The summed E-state index contributed by atoms with van der Waals surface area (Å²) in [6.45, 7) is 5.48. The van der Waals surface area contributed by atoms with E-state index < -0.39 is 5.82 Å². The van der Waals surface area contributed by atoms with E-state index in [1.165, 1.54) is 12.1 Å². The van der Waals surface area contributed by atoms with Gasteiger partial charge in [-0.1, -0.05) is 12.1 Å². The van der Waals surface area contributed by atoms with Crippen LogP contribution in [0.1, 0.15) is 47.4 Å². The van der Waals surface area contributed by atoms with Crippen LogP contribution in [0.15, 0.2) is 48.5 Å². The van der Waals surface area contributed by atoms with Crippen LogP contribution in [0, 0.1) is 11.7 Å². The molecule has 1 saturated heterocycles. The second kappa shape index (κ2) is 9.54. The van der Waals surface area contributed by atoms with Crippen molar-refractivity contribution >= 4 is 11.8 Å². The van der Waals surface area contributed by atoms with Gasteiger partial charge in [-0.05, 0) is 63.1 Å². The van der Waals surface area contributed by atoms with Gasteiger partial charge in [-0.25, -0.2) is 4.39 Å².